The maximum atomic E-state index is 4.00. The summed E-state index contributed by atoms with van der Waals surface area (Å²) in [5.74, 6) is 8.00. The summed E-state index contributed by atoms with van der Waals surface area (Å²) in [4.78, 5) is 0. The highest BCUT2D eigenvalue weighted by molar-refractivity contribution is 4.50. The molecule has 0 spiro atoms. The fourth-order valence-electron chi connectivity index (χ4n) is 1.16. The summed E-state index contributed by atoms with van der Waals surface area (Å²) in [6.45, 7) is 8.87. The van der Waals surface area contributed by atoms with Crippen LogP contribution in [0.4, 0.5) is 0 Å². The first-order valence-electron chi connectivity index (χ1n) is 5.66. The average molecular weight is 204 g/mol. The van der Waals surface area contributed by atoms with Crippen molar-refractivity contribution in [3.63, 3.8) is 0 Å². The van der Waals surface area contributed by atoms with Crippen LogP contribution in [0.5, 0.6) is 0 Å². The molecule has 0 bridgehead atoms. The van der Waals surface area contributed by atoms with Gasteiger partial charge >= 0.3 is 0 Å². The maximum Gasteiger partial charge on any atom is 0.00767 e. The van der Waals surface area contributed by atoms with Gasteiger partial charge in [0.2, 0.25) is 0 Å². The van der Waals surface area contributed by atoms with Crippen LogP contribution in [0, 0.1) is 0 Å². The first-order valence-corrected chi connectivity index (χ1v) is 5.66. The largest absolute Gasteiger partial charge is 0.316 e. The molecule has 4 nitrogen and oxygen atoms in total. The lowest BCUT2D eigenvalue weighted by Crippen LogP contribution is -2.27. The fraction of sp³-hybridized carbons (Fsp3) is 1.00. The number of likely N-dealkylation sites (N-methyl/N-ethyl adjacent to an activating group) is 1. The van der Waals surface area contributed by atoms with Crippen molar-refractivity contribution in [3.05, 3.63) is 0 Å². The molecule has 0 saturated heterocycles. The van der Waals surface area contributed by atoms with E-state index in [2.05, 4.69) is 36.2 Å². The Morgan fingerprint density at radius 3 is 2.00 bits per heavy atom. The van der Waals surface area contributed by atoms with Gasteiger partial charge in [-0.3, -0.25) is 11.7 Å². The van der Waals surface area contributed by atoms with E-state index in [0.29, 0.717) is 0 Å². The number of unbranched alkanes of at least 4 members (excludes halogenated alkanes) is 3. The Morgan fingerprint density at radius 1 is 0.786 bits per heavy atom. The highest BCUT2D eigenvalue weighted by Crippen LogP contribution is 1.96. The van der Waals surface area contributed by atoms with Crippen LogP contribution >= 0.6 is 0 Å². The summed E-state index contributed by atoms with van der Waals surface area (Å²) in [6, 6.07) is 0. The van der Waals surface area contributed by atoms with Crippen molar-refractivity contribution in [2.24, 2.45) is 11.7 Å². The monoisotopic (exact) mass is 204 g/mol. The molecule has 4 heteroatoms. The predicted molar refractivity (Wildman–Crippen MR) is 63.9 cm³/mol. The minimum absolute atomic E-state index is 1.08. The smallest absolute Gasteiger partial charge is 0.00767 e. The summed E-state index contributed by atoms with van der Waals surface area (Å²) in [5.41, 5.74) is 0. The molecule has 0 saturated carbocycles. The minimum atomic E-state index is 1.08. The van der Waals surface area contributed by atoms with Crippen molar-refractivity contribution in [1.82, 2.24) is 10.6 Å². The third kappa shape index (κ3) is 17.8. The van der Waals surface area contributed by atoms with Crippen molar-refractivity contribution < 1.29 is 0 Å². The summed E-state index contributed by atoms with van der Waals surface area (Å²) < 4.78 is 0. The molecule has 0 aliphatic heterocycles. The Bertz CT molecular complexity index is 68.5. The number of hydrogen-bond acceptors (Lipinski definition) is 4. The lowest BCUT2D eigenvalue weighted by Gasteiger charge is -2.04. The average Bonchev–Trinajstić information content (AvgIpc) is 2.25. The topological polar surface area (TPSA) is 76.1 Å². The van der Waals surface area contributed by atoms with Gasteiger partial charge in [0.1, 0.15) is 0 Å². The van der Waals surface area contributed by atoms with E-state index in [0.717, 1.165) is 19.6 Å². The highest BCUT2D eigenvalue weighted by atomic mass is 15.0. The second-order valence-electron chi connectivity index (χ2n) is 3.16. The van der Waals surface area contributed by atoms with Crippen LogP contribution in [0.15, 0.2) is 0 Å². The third-order valence-corrected chi connectivity index (χ3v) is 1.94. The number of nitrogens with one attached hydrogen (secondary N) is 2. The van der Waals surface area contributed by atoms with Gasteiger partial charge in [0.05, 0.1) is 0 Å². The van der Waals surface area contributed by atoms with Crippen molar-refractivity contribution in [2.45, 2.75) is 39.5 Å². The predicted octanol–water partition coefficient (Wildman–Crippen LogP) is 0.585. The van der Waals surface area contributed by atoms with Crippen molar-refractivity contribution in [1.29, 1.82) is 0 Å². The normalized spacial score (nSPS) is 9.43. The maximum absolute atomic E-state index is 4.00. The van der Waals surface area contributed by atoms with Gasteiger partial charge in [-0.1, -0.05) is 33.1 Å². The second kappa shape index (κ2) is 18.6. The first kappa shape index (κ1) is 16.3. The van der Waals surface area contributed by atoms with Crippen LogP contribution in [0.3, 0.4) is 0 Å². The van der Waals surface area contributed by atoms with Crippen LogP contribution in [-0.4, -0.2) is 26.2 Å². The van der Waals surface area contributed by atoms with E-state index in [4.69, 9.17) is 0 Å². The Kier molecular flexibility index (Phi) is 21.6. The zero-order chi connectivity index (χ0) is 11.1. The Morgan fingerprint density at radius 2 is 1.43 bits per heavy atom. The van der Waals surface area contributed by atoms with Crippen LogP contribution in [0.2, 0.25) is 0 Å². The lowest BCUT2D eigenvalue weighted by molar-refractivity contribution is 0.578. The molecular weight excluding hydrogens is 176 g/mol. The van der Waals surface area contributed by atoms with E-state index in [1.807, 2.05) is 0 Å². The second-order valence-corrected chi connectivity index (χ2v) is 3.16. The SMILES string of the molecule is CCCCCCNCCNCC.NN. The molecule has 0 aliphatic rings. The van der Waals surface area contributed by atoms with Crippen molar-refractivity contribution >= 4 is 0 Å². The third-order valence-electron chi connectivity index (χ3n) is 1.94. The number of hydrogen-bond donors (Lipinski definition) is 4. The summed E-state index contributed by atoms with van der Waals surface area (Å²) in [5, 5.41) is 6.70. The lowest BCUT2D eigenvalue weighted by atomic mass is 10.2. The summed E-state index contributed by atoms with van der Waals surface area (Å²) >= 11 is 0. The Labute approximate surface area is 88.8 Å². The van der Waals surface area contributed by atoms with Gasteiger partial charge in [-0.05, 0) is 19.5 Å². The van der Waals surface area contributed by atoms with Crippen LogP contribution in [0.25, 0.3) is 0 Å². The van der Waals surface area contributed by atoms with E-state index in [1.165, 1.54) is 32.2 Å². The quantitative estimate of drug-likeness (QED) is 0.252. The zero-order valence-corrected chi connectivity index (χ0v) is 9.81. The van der Waals surface area contributed by atoms with Gasteiger partial charge in [-0.25, -0.2) is 0 Å². The van der Waals surface area contributed by atoms with Crippen LogP contribution in [0.1, 0.15) is 39.5 Å². The molecule has 0 fully saturated rings. The van der Waals surface area contributed by atoms with Crippen LogP contribution in [-0.2, 0) is 0 Å². The van der Waals surface area contributed by atoms with Crippen LogP contribution < -0.4 is 22.3 Å². The first-order chi connectivity index (χ1) is 6.91. The molecule has 6 N–H and O–H groups in total. The fourth-order valence-corrected chi connectivity index (χ4v) is 1.16. The number of nitrogens with two attached hydrogens (primary N) is 2. The van der Waals surface area contributed by atoms with Gasteiger partial charge in [0, 0.05) is 13.1 Å². The molecule has 0 aliphatic carbocycles. The van der Waals surface area contributed by atoms with Gasteiger partial charge in [0.25, 0.3) is 0 Å². The van der Waals surface area contributed by atoms with E-state index in [-0.39, 0.29) is 0 Å². The van der Waals surface area contributed by atoms with E-state index < -0.39 is 0 Å². The number of hydrazine groups is 1. The summed E-state index contributed by atoms with van der Waals surface area (Å²) in [7, 11) is 0. The van der Waals surface area contributed by atoms with E-state index in [9.17, 15) is 0 Å². The molecule has 88 valence electrons. The molecule has 0 atom stereocenters. The molecule has 0 unspecified atom stereocenters. The van der Waals surface area contributed by atoms with Crippen molar-refractivity contribution in [2.75, 3.05) is 26.2 Å². The van der Waals surface area contributed by atoms with Gasteiger partial charge < -0.3 is 10.6 Å². The van der Waals surface area contributed by atoms with Gasteiger partial charge in [-0.2, -0.15) is 0 Å². The highest BCUT2D eigenvalue weighted by Gasteiger charge is 1.87. The van der Waals surface area contributed by atoms with Gasteiger partial charge in [0.15, 0.2) is 0 Å². The zero-order valence-electron chi connectivity index (χ0n) is 9.81. The Hall–Kier alpha value is -0.160. The van der Waals surface area contributed by atoms with E-state index in [1.54, 1.807) is 0 Å². The number of rotatable bonds is 9. The van der Waals surface area contributed by atoms with Crippen molar-refractivity contribution in [3.8, 4) is 0 Å². The molecular formula is C10H28N4. The van der Waals surface area contributed by atoms with Gasteiger partial charge in [-0.15, -0.1) is 0 Å². The molecule has 0 amide bonds. The molecule has 0 aromatic carbocycles. The standard InChI is InChI=1S/C10H24N2.H4N2/c1-3-5-6-7-8-12-10-9-11-4-2;1-2/h11-12H,3-10H2,1-2H3;1-2H2. The molecule has 14 heavy (non-hydrogen) atoms. The molecule has 0 aromatic heterocycles. The molecule has 0 radical (unpaired) electrons. The summed E-state index contributed by atoms with van der Waals surface area (Å²) in [6.07, 6.45) is 5.43. The molecule has 0 rings (SSSR count). The Balaban J connectivity index is 0. The molecule has 0 heterocycles. The van der Waals surface area contributed by atoms with E-state index >= 15 is 0 Å². The molecule has 0 aromatic rings. The minimum Gasteiger partial charge on any atom is -0.316 e.